The maximum Gasteiger partial charge on any atom is 0.410 e. The topological polar surface area (TPSA) is 59.1 Å². The Morgan fingerprint density at radius 3 is 2.11 bits per heavy atom. The van der Waals surface area contributed by atoms with Crippen molar-refractivity contribution in [2.45, 2.75) is 52.0 Å². The molecule has 186 valence electrons. The first-order chi connectivity index (χ1) is 16.7. The summed E-state index contributed by atoms with van der Waals surface area (Å²) in [5.74, 6) is 0.687. The maximum absolute atomic E-state index is 13.3. The molecule has 2 amide bonds. The molecule has 0 aliphatic heterocycles. The molecule has 2 aliphatic carbocycles. The number of fused-ring (bicyclic) bond motifs is 2. The fourth-order valence-corrected chi connectivity index (χ4v) is 5.24. The Kier molecular flexibility index (Phi) is 7.48. The maximum atomic E-state index is 13.3. The smallest absolute Gasteiger partial charge is 0.410 e. The average Bonchev–Trinajstić information content (AvgIpc) is 3.44. The second-order valence-electron chi connectivity index (χ2n) is 10.6. The van der Waals surface area contributed by atoms with Gasteiger partial charge in [0.15, 0.2) is 0 Å². The van der Waals surface area contributed by atoms with Gasteiger partial charge in [0.25, 0.3) is 0 Å². The molecule has 4 rings (SSSR count). The van der Waals surface area contributed by atoms with E-state index in [1.807, 2.05) is 88.5 Å². The van der Waals surface area contributed by atoms with Crippen molar-refractivity contribution in [3.63, 3.8) is 0 Å². The van der Waals surface area contributed by atoms with Gasteiger partial charge in [0.1, 0.15) is 12.2 Å². The molecule has 2 aliphatic rings. The van der Waals surface area contributed by atoms with E-state index in [2.05, 4.69) is 12.2 Å². The number of ether oxygens (including phenoxy) is 2. The minimum absolute atomic E-state index is 0.0277. The highest BCUT2D eigenvalue weighted by Gasteiger charge is 2.49. The van der Waals surface area contributed by atoms with Crippen LogP contribution in [0.15, 0.2) is 72.8 Å². The molecule has 1 fully saturated rings. The first kappa shape index (κ1) is 24.8. The van der Waals surface area contributed by atoms with Crippen molar-refractivity contribution < 1.29 is 19.1 Å². The molecule has 6 heteroatoms. The number of nitrogens with zero attached hydrogens (tertiary/aromatic N) is 2. The lowest BCUT2D eigenvalue weighted by Crippen LogP contribution is -2.50. The van der Waals surface area contributed by atoms with Gasteiger partial charge in [0, 0.05) is 32.1 Å². The Labute approximate surface area is 208 Å². The highest BCUT2D eigenvalue weighted by Crippen LogP contribution is 2.46. The average molecular weight is 477 g/mol. The van der Waals surface area contributed by atoms with E-state index in [-0.39, 0.29) is 36.7 Å². The minimum atomic E-state index is -0.561. The highest BCUT2D eigenvalue weighted by atomic mass is 16.6. The van der Waals surface area contributed by atoms with Crippen molar-refractivity contribution in [3.05, 3.63) is 83.9 Å². The molecule has 2 aromatic rings. The zero-order chi connectivity index (χ0) is 25.0. The third kappa shape index (κ3) is 6.24. The molecular weight excluding hydrogens is 440 g/mol. The number of allylic oxidation sites excluding steroid dienone is 1. The molecule has 0 unspecified atom stereocenters. The SMILES string of the molecule is CN(C(=O)OC(C)(C)C)[C@H]1[C@@H](CN(Cc2ccccc2)C(=O)OCc2ccccc2)[C@H]2C=C[C@H]1C2. The van der Waals surface area contributed by atoms with Gasteiger partial charge in [-0.05, 0) is 50.2 Å². The van der Waals surface area contributed by atoms with Gasteiger partial charge in [0.05, 0.1) is 0 Å². The van der Waals surface area contributed by atoms with Crippen LogP contribution >= 0.6 is 0 Å². The number of carbonyl (C=O) groups excluding carboxylic acids is 2. The Morgan fingerprint density at radius 2 is 1.49 bits per heavy atom. The Hall–Kier alpha value is -3.28. The van der Waals surface area contributed by atoms with E-state index < -0.39 is 5.60 Å². The summed E-state index contributed by atoms with van der Waals surface area (Å²) in [5.41, 5.74) is 1.43. The molecule has 0 N–H and O–H groups in total. The molecule has 0 radical (unpaired) electrons. The lowest BCUT2D eigenvalue weighted by atomic mass is 9.87. The quantitative estimate of drug-likeness (QED) is 0.468. The van der Waals surface area contributed by atoms with Crippen molar-refractivity contribution in [2.24, 2.45) is 17.8 Å². The standard InChI is InChI=1S/C29H36N2O4/c1-29(2,3)35-27(32)30(4)26-24-16-15-23(17-24)25(26)19-31(18-21-11-7-5-8-12-21)28(33)34-20-22-13-9-6-10-14-22/h5-16,23-26H,17-20H2,1-4H3/t23-,24-,25-,26+/m0/s1. The van der Waals surface area contributed by atoms with Crippen LogP contribution in [0.4, 0.5) is 9.59 Å². The molecule has 35 heavy (non-hydrogen) atoms. The van der Waals surface area contributed by atoms with Crippen LogP contribution in [0.5, 0.6) is 0 Å². The summed E-state index contributed by atoms with van der Waals surface area (Å²) in [5, 5.41) is 0. The Balaban J connectivity index is 1.51. The van der Waals surface area contributed by atoms with Crippen LogP contribution in [0.3, 0.4) is 0 Å². The van der Waals surface area contributed by atoms with Crippen molar-refractivity contribution >= 4 is 12.2 Å². The summed E-state index contributed by atoms with van der Waals surface area (Å²) in [4.78, 5) is 29.7. The molecule has 0 spiro atoms. The molecule has 4 atom stereocenters. The van der Waals surface area contributed by atoms with E-state index >= 15 is 0 Å². The predicted octanol–water partition coefficient (Wildman–Crippen LogP) is 5.88. The third-order valence-corrected chi connectivity index (χ3v) is 6.82. The van der Waals surface area contributed by atoms with E-state index in [1.54, 1.807) is 9.80 Å². The molecule has 2 bridgehead atoms. The fraction of sp³-hybridized carbons (Fsp3) is 0.448. The molecule has 0 aromatic heterocycles. The molecule has 6 nitrogen and oxygen atoms in total. The van der Waals surface area contributed by atoms with Crippen molar-refractivity contribution in [1.29, 1.82) is 0 Å². The summed E-state index contributed by atoms with van der Waals surface area (Å²) in [6, 6.07) is 19.6. The highest BCUT2D eigenvalue weighted by molar-refractivity contribution is 5.69. The van der Waals surface area contributed by atoms with Crippen LogP contribution in [0.25, 0.3) is 0 Å². The predicted molar refractivity (Wildman–Crippen MR) is 135 cm³/mol. The first-order valence-corrected chi connectivity index (χ1v) is 12.3. The second kappa shape index (κ2) is 10.5. The van der Waals surface area contributed by atoms with Gasteiger partial charge >= 0.3 is 12.2 Å². The van der Waals surface area contributed by atoms with E-state index in [9.17, 15) is 9.59 Å². The molecular formula is C29H36N2O4. The van der Waals surface area contributed by atoms with Crippen LogP contribution in [-0.2, 0) is 22.6 Å². The van der Waals surface area contributed by atoms with E-state index in [1.165, 1.54) is 0 Å². The van der Waals surface area contributed by atoms with Gasteiger partial charge in [-0.15, -0.1) is 0 Å². The largest absolute Gasteiger partial charge is 0.445 e. The summed E-state index contributed by atoms with van der Waals surface area (Å²) in [6.07, 6.45) is 4.77. The van der Waals surface area contributed by atoms with E-state index in [0.717, 1.165) is 17.5 Å². The summed E-state index contributed by atoms with van der Waals surface area (Å²) in [6.45, 7) is 6.81. The van der Waals surface area contributed by atoms with Crippen LogP contribution in [-0.4, -0.2) is 47.2 Å². The van der Waals surface area contributed by atoms with Gasteiger partial charge < -0.3 is 19.3 Å². The van der Waals surface area contributed by atoms with Crippen molar-refractivity contribution in [3.8, 4) is 0 Å². The Bertz CT molecular complexity index is 1030. The van der Waals surface area contributed by atoms with Crippen LogP contribution < -0.4 is 0 Å². The third-order valence-electron chi connectivity index (χ3n) is 6.82. The normalized spacial score (nSPS) is 22.6. The van der Waals surface area contributed by atoms with Crippen molar-refractivity contribution in [1.82, 2.24) is 9.80 Å². The fourth-order valence-electron chi connectivity index (χ4n) is 5.24. The number of benzene rings is 2. The molecule has 0 heterocycles. The van der Waals surface area contributed by atoms with Crippen LogP contribution in [0.2, 0.25) is 0 Å². The van der Waals surface area contributed by atoms with Gasteiger partial charge in [-0.25, -0.2) is 9.59 Å². The lowest BCUT2D eigenvalue weighted by molar-refractivity contribution is 0.0118. The molecule has 1 saturated carbocycles. The van der Waals surface area contributed by atoms with E-state index in [4.69, 9.17) is 9.47 Å². The zero-order valence-corrected chi connectivity index (χ0v) is 21.1. The number of hydrogen-bond donors (Lipinski definition) is 0. The lowest BCUT2D eigenvalue weighted by Gasteiger charge is -2.38. The van der Waals surface area contributed by atoms with Gasteiger partial charge in [-0.2, -0.15) is 0 Å². The van der Waals surface area contributed by atoms with E-state index in [0.29, 0.717) is 19.0 Å². The van der Waals surface area contributed by atoms with Gasteiger partial charge in [-0.3, -0.25) is 0 Å². The number of carbonyl (C=O) groups is 2. The monoisotopic (exact) mass is 476 g/mol. The number of amides is 2. The molecule has 0 saturated heterocycles. The number of rotatable bonds is 7. The number of hydrogen-bond acceptors (Lipinski definition) is 4. The first-order valence-electron chi connectivity index (χ1n) is 12.3. The van der Waals surface area contributed by atoms with Crippen LogP contribution in [0, 0.1) is 17.8 Å². The molecule has 2 aromatic carbocycles. The summed E-state index contributed by atoms with van der Waals surface area (Å²) < 4.78 is 11.4. The second-order valence-corrected chi connectivity index (χ2v) is 10.6. The summed E-state index contributed by atoms with van der Waals surface area (Å²) in [7, 11) is 1.82. The zero-order valence-electron chi connectivity index (χ0n) is 21.1. The Morgan fingerprint density at radius 1 is 0.886 bits per heavy atom. The van der Waals surface area contributed by atoms with Crippen LogP contribution in [0.1, 0.15) is 38.3 Å². The van der Waals surface area contributed by atoms with Crippen molar-refractivity contribution in [2.75, 3.05) is 13.6 Å². The minimum Gasteiger partial charge on any atom is -0.445 e. The van der Waals surface area contributed by atoms with Gasteiger partial charge in [0.2, 0.25) is 0 Å². The summed E-state index contributed by atoms with van der Waals surface area (Å²) >= 11 is 0. The van der Waals surface area contributed by atoms with Gasteiger partial charge in [-0.1, -0.05) is 72.8 Å².